The fourth-order valence-electron chi connectivity index (χ4n) is 3.19. The first-order valence-electron chi connectivity index (χ1n) is 9.62. The van der Waals surface area contributed by atoms with Crippen LogP contribution in [0.1, 0.15) is 37.7 Å². The molecule has 144 valence electrons. The number of carbonyl (C=O) groups is 2. The van der Waals surface area contributed by atoms with Crippen LogP contribution >= 0.6 is 0 Å². The van der Waals surface area contributed by atoms with Gasteiger partial charge in [-0.25, -0.2) is 0 Å². The molecule has 0 saturated carbocycles. The molecular formula is C23H29NO3. The average Bonchev–Trinajstić information content (AvgIpc) is 3.01. The first-order valence-corrected chi connectivity index (χ1v) is 9.62. The number of aryl methyl sites for hydroxylation is 1. The fraction of sp³-hybridized carbons (Fsp3) is 0.391. The highest BCUT2D eigenvalue weighted by Gasteiger charge is 2.26. The van der Waals surface area contributed by atoms with E-state index in [-0.39, 0.29) is 23.5 Å². The molecule has 1 amide bonds. The van der Waals surface area contributed by atoms with Gasteiger partial charge < -0.3 is 10.8 Å². The third-order valence-electron chi connectivity index (χ3n) is 4.78. The molecule has 0 aromatic heterocycles. The van der Waals surface area contributed by atoms with Crippen LogP contribution in [0.3, 0.4) is 0 Å². The van der Waals surface area contributed by atoms with Crippen LogP contribution in [0.5, 0.6) is 0 Å². The maximum atomic E-state index is 12.1. The number of rotatable bonds is 11. The molecule has 4 nitrogen and oxygen atoms in total. The van der Waals surface area contributed by atoms with Crippen LogP contribution in [0, 0.1) is 11.8 Å². The monoisotopic (exact) mass is 367 g/mol. The van der Waals surface area contributed by atoms with E-state index < -0.39 is 6.10 Å². The van der Waals surface area contributed by atoms with Gasteiger partial charge in [0.2, 0.25) is 5.91 Å². The van der Waals surface area contributed by atoms with Gasteiger partial charge in [-0.2, -0.15) is 0 Å². The number of nitrogens with two attached hydrogens (primary N) is 1. The van der Waals surface area contributed by atoms with Gasteiger partial charge in [-0.15, -0.1) is 0 Å². The Morgan fingerprint density at radius 3 is 2.74 bits per heavy atom. The summed E-state index contributed by atoms with van der Waals surface area (Å²) < 4.78 is 0. The number of unbranched alkanes of at least 4 members (excludes halogenated alkanes) is 1. The molecule has 4 heteroatoms. The van der Waals surface area contributed by atoms with E-state index in [1.165, 1.54) is 5.56 Å². The highest BCUT2D eigenvalue weighted by Crippen LogP contribution is 2.27. The number of aliphatic hydroxyl groups is 1. The lowest BCUT2D eigenvalue weighted by molar-refractivity contribution is -0.118. The summed E-state index contributed by atoms with van der Waals surface area (Å²) in [7, 11) is 0. The Hall–Kier alpha value is -2.46. The van der Waals surface area contributed by atoms with Gasteiger partial charge >= 0.3 is 0 Å². The first-order chi connectivity index (χ1) is 13.1. The molecule has 3 atom stereocenters. The Labute approximate surface area is 161 Å². The van der Waals surface area contributed by atoms with Crippen molar-refractivity contribution < 1.29 is 14.7 Å². The van der Waals surface area contributed by atoms with Crippen molar-refractivity contribution in [3.63, 3.8) is 0 Å². The number of allylic oxidation sites excluding steroid dienone is 5. The molecule has 1 aromatic carbocycles. The summed E-state index contributed by atoms with van der Waals surface area (Å²) in [5.41, 5.74) is 6.31. The van der Waals surface area contributed by atoms with Crippen LogP contribution in [0.4, 0.5) is 0 Å². The van der Waals surface area contributed by atoms with Gasteiger partial charge in [0.25, 0.3) is 0 Å². The largest absolute Gasteiger partial charge is 0.389 e. The number of benzene rings is 1. The van der Waals surface area contributed by atoms with Crippen LogP contribution in [0.15, 0.2) is 66.8 Å². The summed E-state index contributed by atoms with van der Waals surface area (Å²) in [4.78, 5) is 22.8. The van der Waals surface area contributed by atoms with Gasteiger partial charge in [-0.1, -0.05) is 60.7 Å². The van der Waals surface area contributed by atoms with Gasteiger partial charge in [-0.05, 0) is 49.7 Å². The van der Waals surface area contributed by atoms with Gasteiger partial charge in [0, 0.05) is 12.3 Å². The van der Waals surface area contributed by atoms with Crippen LogP contribution in [-0.4, -0.2) is 22.9 Å². The minimum absolute atomic E-state index is 0.0913. The smallest absolute Gasteiger partial charge is 0.217 e. The van der Waals surface area contributed by atoms with Crippen LogP contribution in [0.25, 0.3) is 0 Å². The molecule has 27 heavy (non-hydrogen) atoms. The second-order valence-corrected chi connectivity index (χ2v) is 6.99. The van der Waals surface area contributed by atoms with Crippen molar-refractivity contribution >= 4 is 11.7 Å². The van der Waals surface area contributed by atoms with E-state index >= 15 is 0 Å². The number of carbonyl (C=O) groups excluding carboxylic acids is 2. The van der Waals surface area contributed by atoms with Crippen molar-refractivity contribution in [2.45, 2.75) is 44.6 Å². The summed E-state index contributed by atoms with van der Waals surface area (Å²) in [6, 6.07) is 10.1. The minimum atomic E-state index is -0.552. The molecule has 0 heterocycles. The predicted octanol–water partition coefficient (Wildman–Crippen LogP) is 3.51. The molecule has 1 aliphatic rings. The van der Waals surface area contributed by atoms with E-state index in [2.05, 4.69) is 6.08 Å². The van der Waals surface area contributed by atoms with Gasteiger partial charge in [0.15, 0.2) is 5.78 Å². The minimum Gasteiger partial charge on any atom is -0.389 e. The van der Waals surface area contributed by atoms with E-state index in [1.54, 1.807) is 12.2 Å². The molecule has 0 unspecified atom stereocenters. The van der Waals surface area contributed by atoms with Crippen molar-refractivity contribution in [1.82, 2.24) is 0 Å². The predicted molar refractivity (Wildman–Crippen MR) is 108 cm³/mol. The number of hydrogen-bond acceptors (Lipinski definition) is 3. The number of amides is 1. The zero-order valence-electron chi connectivity index (χ0n) is 15.7. The molecule has 0 aliphatic heterocycles. The molecule has 1 aromatic rings. The van der Waals surface area contributed by atoms with E-state index in [1.807, 2.05) is 48.6 Å². The third kappa shape index (κ3) is 7.75. The summed E-state index contributed by atoms with van der Waals surface area (Å²) >= 11 is 0. The summed E-state index contributed by atoms with van der Waals surface area (Å²) in [5.74, 6) is -0.258. The molecule has 0 bridgehead atoms. The second-order valence-electron chi connectivity index (χ2n) is 6.99. The fourth-order valence-corrected chi connectivity index (χ4v) is 3.19. The quantitative estimate of drug-likeness (QED) is 0.464. The first kappa shape index (κ1) is 20.8. The van der Waals surface area contributed by atoms with E-state index in [9.17, 15) is 14.7 Å². The molecule has 3 N–H and O–H groups in total. The maximum Gasteiger partial charge on any atom is 0.217 e. The normalized spacial score (nSPS) is 20.7. The Morgan fingerprint density at radius 1 is 1.22 bits per heavy atom. The highest BCUT2D eigenvalue weighted by atomic mass is 16.3. The van der Waals surface area contributed by atoms with Crippen molar-refractivity contribution in [1.29, 1.82) is 0 Å². The van der Waals surface area contributed by atoms with Gasteiger partial charge in [0.05, 0.1) is 6.10 Å². The zero-order valence-corrected chi connectivity index (χ0v) is 15.7. The topological polar surface area (TPSA) is 80.4 Å². The van der Waals surface area contributed by atoms with Crippen molar-refractivity contribution in [2.24, 2.45) is 17.6 Å². The Bertz CT molecular complexity index is 691. The Morgan fingerprint density at radius 2 is 2.00 bits per heavy atom. The summed E-state index contributed by atoms with van der Waals surface area (Å²) in [6.45, 7) is 0. The maximum absolute atomic E-state index is 12.1. The number of hydrogen-bond donors (Lipinski definition) is 2. The average molecular weight is 367 g/mol. The van der Waals surface area contributed by atoms with Gasteiger partial charge in [0.1, 0.15) is 0 Å². The standard InChI is InChI=1S/C23H29NO3/c24-23(27)11-7-2-1-6-10-19-13-17-22(26)21(19)16-15-20(25)14-12-18-8-4-3-5-9-18/h1,3-6,8-9,13,15-17,19-21,25H,2,7,10-12,14H2,(H2,24,27)/b6-1?,16-15+/t19-,20-,21+/m0/s1. The molecule has 0 fully saturated rings. The number of aliphatic hydroxyl groups excluding tert-OH is 1. The number of ketones is 1. The van der Waals surface area contributed by atoms with Crippen molar-refractivity contribution in [3.05, 3.63) is 72.4 Å². The lowest BCUT2D eigenvalue weighted by Gasteiger charge is -2.13. The van der Waals surface area contributed by atoms with Gasteiger partial charge in [-0.3, -0.25) is 9.59 Å². The van der Waals surface area contributed by atoms with E-state index in [0.29, 0.717) is 12.8 Å². The lowest BCUT2D eigenvalue weighted by Crippen LogP contribution is -2.14. The summed E-state index contributed by atoms with van der Waals surface area (Å²) in [6.07, 6.45) is 14.9. The molecule has 0 radical (unpaired) electrons. The highest BCUT2D eigenvalue weighted by molar-refractivity contribution is 5.95. The Kier molecular flexibility index (Phi) is 8.72. The van der Waals surface area contributed by atoms with Crippen LogP contribution in [0.2, 0.25) is 0 Å². The van der Waals surface area contributed by atoms with E-state index in [4.69, 9.17) is 5.73 Å². The lowest BCUT2D eigenvalue weighted by atomic mass is 9.90. The molecule has 1 aliphatic carbocycles. The van der Waals surface area contributed by atoms with Crippen molar-refractivity contribution in [3.8, 4) is 0 Å². The van der Waals surface area contributed by atoms with Crippen molar-refractivity contribution in [2.75, 3.05) is 0 Å². The van der Waals surface area contributed by atoms with Crippen LogP contribution < -0.4 is 5.73 Å². The van der Waals surface area contributed by atoms with Crippen LogP contribution in [-0.2, 0) is 16.0 Å². The third-order valence-corrected chi connectivity index (χ3v) is 4.78. The molecule has 0 saturated heterocycles. The SMILES string of the molecule is NC(=O)CCCC=CC[C@H]1C=CC(=O)[C@@H]1/C=C/[C@@H](O)CCc1ccccc1. The Balaban J connectivity index is 1.77. The summed E-state index contributed by atoms with van der Waals surface area (Å²) in [5, 5.41) is 10.2. The zero-order chi connectivity index (χ0) is 19.5. The molecular weight excluding hydrogens is 338 g/mol. The molecule has 2 rings (SSSR count). The van der Waals surface area contributed by atoms with E-state index in [0.717, 1.165) is 25.7 Å². The molecule has 0 spiro atoms. The second kappa shape index (κ2) is 11.3. The number of primary amides is 1.